The number of hydrogen-bond donors (Lipinski definition) is 1. The average Bonchev–Trinajstić information content (AvgIpc) is 2.38. The Morgan fingerprint density at radius 1 is 1.41 bits per heavy atom. The summed E-state index contributed by atoms with van der Waals surface area (Å²) in [6.45, 7) is 4.80. The van der Waals surface area contributed by atoms with Crippen LogP contribution < -0.4 is 5.32 Å². The zero-order valence-electron chi connectivity index (χ0n) is 10.4. The quantitative estimate of drug-likeness (QED) is 0.651. The molecule has 0 aromatic rings. The lowest BCUT2D eigenvalue weighted by atomic mass is 9.61. The van der Waals surface area contributed by atoms with Gasteiger partial charge in [0.05, 0.1) is 12.9 Å². The SMILES string of the molecule is CC1NCCOCCC/C=C2/C3C=COC21C3. The van der Waals surface area contributed by atoms with Crippen molar-refractivity contribution >= 4 is 0 Å². The van der Waals surface area contributed by atoms with Gasteiger partial charge in [-0.2, -0.15) is 0 Å². The van der Waals surface area contributed by atoms with Crippen molar-refractivity contribution in [2.75, 3.05) is 19.8 Å². The third-order valence-corrected chi connectivity index (χ3v) is 4.25. The van der Waals surface area contributed by atoms with Gasteiger partial charge in [0.25, 0.3) is 0 Å². The van der Waals surface area contributed by atoms with Gasteiger partial charge in [-0.25, -0.2) is 0 Å². The highest BCUT2D eigenvalue weighted by atomic mass is 16.5. The van der Waals surface area contributed by atoms with E-state index >= 15 is 0 Å². The Morgan fingerprint density at radius 3 is 3.24 bits per heavy atom. The molecular formula is C14H21NO2. The van der Waals surface area contributed by atoms with E-state index in [2.05, 4.69) is 24.4 Å². The van der Waals surface area contributed by atoms with Crippen LogP contribution in [0, 0.1) is 5.92 Å². The van der Waals surface area contributed by atoms with Crippen LogP contribution in [0.3, 0.4) is 0 Å². The van der Waals surface area contributed by atoms with Crippen molar-refractivity contribution in [3.63, 3.8) is 0 Å². The highest BCUT2D eigenvalue weighted by molar-refractivity contribution is 5.39. The van der Waals surface area contributed by atoms with Crippen molar-refractivity contribution in [1.29, 1.82) is 0 Å². The standard InChI is InChI=1S/C14H21NO2/c1-11-14-10-12(5-8-17-14)13(14)4-2-3-7-16-9-6-15-11/h4-5,8,11-12,15H,2-3,6-7,9-10H2,1H3/b13-4-. The molecule has 2 heterocycles. The molecule has 17 heavy (non-hydrogen) atoms. The van der Waals surface area contributed by atoms with E-state index in [9.17, 15) is 0 Å². The molecule has 1 fully saturated rings. The first kappa shape index (κ1) is 11.3. The van der Waals surface area contributed by atoms with Gasteiger partial charge in [-0.05, 0) is 31.4 Å². The third-order valence-electron chi connectivity index (χ3n) is 4.25. The molecule has 0 aromatic heterocycles. The molecule has 3 unspecified atom stereocenters. The normalized spacial score (nSPS) is 44.4. The van der Waals surface area contributed by atoms with Gasteiger partial charge in [-0.3, -0.25) is 0 Å². The molecular weight excluding hydrogens is 214 g/mol. The number of ether oxygens (including phenoxy) is 2. The summed E-state index contributed by atoms with van der Waals surface area (Å²) in [6, 6.07) is 0.358. The Kier molecular flexibility index (Phi) is 2.97. The number of nitrogens with one attached hydrogen (secondary N) is 1. The van der Waals surface area contributed by atoms with E-state index in [4.69, 9.17) is 9.47 Å². The van der Waals surface area contributed by atoms with Crippen LogP contribution >= 0.6 is 0 Å². The van der Waals surface area contributed by atoms with Gasteiger partial charge in [0.1, 0.15) is 5.60 Å². The summed E-state index contributed by atoms with van der Waals surface area (Å²) in [6.07, 6.45) is 9.81. The lowest BCUT2D eigenvalue weighted by molar-refractivity contribution is -0.0535. The number of hydrogen-bond acceptors (Lipinski definition) is 3. The molecule has 2 aliphatic heterocycles. The minimum atomic E-state index is -0.0657. The summed E-state index contributed by atoms with van der Waals surface area (Å²) in [5.41, 5.74) is 1.42. The molecule has 3 heteroatoms. The molecule has 3 aliphatic rings. The lowest BCUT2D eigenvalue weighted by Gasteiger charge is -2.54. The summed E-state index contributed by atoms with van der Waals surface area (Å²) < 4.78 is 11.5. The summed E-state index contributed by atoms with van der Waals surface area (Å²) in [7, 11) is 0. The summed E-state index contributed by atoms with van der Waals surface area (Å²) in [4.78, 5) is 0. The zero-order valence-corrected chi connectivity index (χ0v) is 10.4. The van der Waals surface area contributed by atoms with Crippen molar-refractivity contribution in [2.45, 2.75) is 37.8 Å². The van der Waals surface area contributed by atoms with Crippen molar-refractivity contribution in [3.8, 4) is 0 Å². The second-order valence-electron chi connectivity index (χ2n) is 5.24. The van der Waals surface area contributed by atoms with Crippen LogP contribution in [0.1, 0.15) is 26.2 Å². The van der Waals surface area contributed by atoms with Gasteiger partial charge >= 0.3 is 0 Å². The fourth-order valence-electron chi connectivity index (χ4n) is 3.19. The molecule has 3 atom stereocenters. The van der Waals surface area contributed by atoms with E-state index in [1.807, 2.05) is 6.26 Å². The predicted molar refractivity (Wildman–Crippen MR) is 66.7 cm³/mol. The topological polar surface area (TPSA) is 30.5 Å². The van der Waals surface area contributed by atoms with E-state index in [-0.39, 0.29) is 5.60 Å². The monoisotopic (exact) mass is 235 g/mol. The molecule has 2 bridgehead atoms. The van der Waals surface area contributed by atoms with Gasteiger partial charge in [-0.1, -0.05) is 6.08 Å². The molecule has 0 spiro atoms. The molecule has 1 aliphatic carbocycles. The predicted octanol–water partition coefficient (Wildman–Crippen LogP) is 2.00. The minimum Gasteiger partial charge on any atom is -0.489 e. The van der Waals surface area contributed by atoms with Crippen LogP contribution in [0.25, 0.3) is 0 Å². The molecule has 94 valence electrons. The second-order valence-corrected chi connectivity index (χ2v) is 5.24. The maximum Gasteiger partial charge on any atom is 0.145 e. The van der Waals surface area contributed by atoms with Crippen LogP contribution in [0.2, 0.25) is 0 Å². The van der Waals surface area contributed by atoms with Crippen molar-refractivity contribution in [3.05, 3.63) is 24.0 Å². The zero-order chi connectivity index (χ0) is 11.7. The number of rotatable bonds is 0. The average molecular weight is 235 g/mol. The molecule has 3 rings (SSSR count). The van der Waals surface area contributed by atoms with Crippen molar-refractivity contribution in [1.82, 2.24) is 5.32 Å². The maximum atomic E-state index is 5.97. The van der Waals surface area contributed by atoms with E-state index in [1.165, 1.54) is 5.57 Å². The molecule has 3 nitrogen and oxygen atoms in total. The molecule has 1 saturated carbocycles. The molecule has 0 amide bonds. The Labute approximate surface area is 103 Å². The van der Waals surface area contributed by atoms with Gasteiger partial charge < -0.3 is 14.8 Å². The fourth-order valence-corrected chi connectivity index (χ4v) is 3.19. The van der Waals surface area contributed by atoms with E-state index in [0.29, 0.717) is 12.0 Å². The molecule has 0 aromatic carbocycles. The van der Waals surface area contributed by atoms with Crippen molar-refractivity contribution in [2.24, 2.45) is 5.92 Å². The summed E-state index contributed by atoms with van der Waals surface area (Å²) in [5.74, 6) is 0.620. The molecule has 0 saturated heterocycles. The highest BCUT2D eigenvalue weighted by Gasteiger charge is 2.55. The van der Waals surface area contributed by atoms with Crippen molar-refractivity contribution < 1.29 is 9.47 Å². The van der Waals surface area contributed by atoms with E-state index < -0.39 is 0 Å². The number of allylic oxidation sites excluding steroid dienone is 2. The summed E-state index contributed by atoms with van der Waals surface area (Å²) in [5, 5.41) is 3.53. The first-order chi connectivity index (χ1) is 8.33. The highest BCUT2D eigenvalue weighted by Crippen LogP contribution is 2.52. The Hall–Kier alpha value is -0.800. The van der Waals surface area contributed by atoms with Crippen LogP contribution in [-0.4, -0.2) is 31.4 Å². The van der Waals surface area contributed by atoms with Gasteiger partial charge in [0.2, 0.25) is 0 Å². The van der Waals surface area contributed by atoms with Crippen LogP contribution in [-0.2, 0) is 9.47 Å². The first-order valence-corrected chi connectivity index (χ1v) is 6.69. The van der Waals surface area contributed by atoms with Crippen LogP contribution in [0.15, 0.2) is 24.0 Å². The Balaban J connectivity index is 1.83. The Morgan fingerprint density at radius 2 is 2.35 bits per heavy atom. The summed E-state index contributed by atoms with van der Waals surface area (Å²) >= 11 is 0. The van der Waals surface area contributed by atoms with Gasteiger partial charge in [0, 0.05) is 31.5 Å². The van der Waals surface area contributed by atoms with E-state index in [1.54, 1.807) is 0 Å². The van der Waals surface area contributed by atoms with E-state index in [0.717, 1.165) is 39.0 Å². The van der Waals surface area contributed by atoms with Gasteiger partial charge in [-0.15, -0.1) is 0 Å². The van der Waals surface area contributed by atoms with Crippen LogP contribution in [0.5, 0.6) is 0 Å². The molecule has 0 radical (unpaired) electrons. The lowest BCUT2D eigenvalue weighted by Crippen LogP contribution is -2.61. The van der Waals surface area contributed by atoms with Crippen LogP contribution in [0.4, 0.5) is 0 Å². The third kappa shape index (κ3) is 1.81. The minimum absolute atomic E-state index is 0.0657. The Bertz CT molecular complexity index is 350. The largest absolute Gasteiger partial charge is 0.489 e. The maximum absolute atomic E-state index is 5.97. The van der Waals surface area contributed by atoms with Gasteiger partial charge in [0.15, 0.2) is 0 Å². The molecule has 1 N–H and O–H groups in total. The fraction of sp³-hybridized carbons (Fsp3) is 0.714. The first-order valence-electron chi connectivity index (χ1n) is 6.69. The smallest absolute Gasteiger partial charge is 0.145 e. The second kappa shape index (κ2) is 4.46.